The molecule has 0 saturated heterocycles. The Balaban J connectivity index is 3.04. The summed E-state index contributed by atoms with van der Waals surface area (Å²) in [6.07, 6.45) is 5.95. The number of hydrogen-bond acceptors (Lipinski definition) is 3. The molecule has 0 saturated carbocycles. The van der Waals surface area contributed by atoms with Gasteiger partial charge in [-0.15, -0.1) is 0 Å². The first-order valence-corrected chi connectivity index (χ1v) is 3.83. The molecule has 0 fully saturated rings. The second kappa shape index (κ2) is 4.21. The molecule has 13 heavy (non-hydrogen) atoms. The van der Waals surface area contributed by atoms with E-state index in [1.165, 1.54) is 12.4 Å². The van der Waals surface area contributed by atoms with Crippen molar-refractivity contribution < 1.29 is 0 Å². The second-order valence-electron chi connectivity index (χ2n) is 2.45. The monoisotopic (exact) mass is 173 g/mol. The molecule has 66 valence electrons. The van der Waals surface area contributed by atoms with Crippen molar-refractivity contribution in [2.45, 2.75) is 0 Å². The molecule has 1 aromatic heterocycles. The van der Waals surface area contributed by atoms with Gasteiger partial charge in [0, 0.05) is 24.2 Å². The van der Waals surface area contributed by atoms with Crippen LogP contribution in [0.2, 0.25) is 0 Å². The molecule has 0 atom stereocenters. The zero-order valence-electron chi connectivity index (χ0n) is 7.20. The fraction of sp³-hybridized carbons (Fsp3) is 0. The fourth-order valence-corrected chi connectivity index (χ4v) is 0.904. The summed E-state index contributed by atoms with van der Waals surface area (Å²) in [5.41, 5.74) is 7.57. The van der Waals surface area contributed by atoms with Crippen LogP contribution in [0.25, 0.3) is 11.6 Å². The van der Waals surface area contributed by atoms with Crippen molar-refractivity contribution >= 4 is 17.9 Å². The lowest BCUT2D eigenvalue weighted by molar-refractivity contribution is 1.27. The van der Waals surface area contributed by atoms with E-state index in [0.29, 0.717) is 11.3 Å². The summed E-state index contributed by atoms with van der Waals surface area (Å²) in [5.74, 6) is 0. The first-order chi connectivity index (χ1) is 6.31. The second-order valence-corrected chi connectivity index (χ2v) is 2.45. The van der Waals surface area contributed by atoms with Gasteiger partial charge in [-0.2, -0.15) is 0 Å². The first-order valence-electron chi connectivity index (χ1n) is 3.83. The van der Waals surface area contributed by atoms with E-state index in [1.54, 1.807) is 18.3 Å². The van der Waals surface area contributed by atoms with Gasteiger partial charge in [-0.1, -0.05) is 18.7 Å². The Morgan fingerprint density at radius 1 is 1.54 bits per heavy atom. The minimum atomic E-state index is 0.607. The molecule has 1 rings (SSSR count). The molecular weight excluding hydrogens is 162 g/mol. The first kappa shape index (κ1) is 9.19. The van der Waals surface area contributed by atoms with Gasteiger partial charge in [0.2, 0.25) is 0 Å². The van der Waals surface area contributed by atoms with Crippen LogP contribution in [-0.4, -0.2) is 11.2 Å². The molecule has 0 aliphatic rings. The van der Waals surface area contributed by atoms with E-state index in [1.807, 2.05) is 6.07 Å². The lowest BCUT2D eigenvalue weighted by Crippen LogP contribution is -1.93. The maximum atomic E-state index is 7.06. The molecule has 0 aromatic carbocycles. The predicted molar refractivity (Wildman–Crippen MR) is 55.3 cm³/mol. The largest absolute Gasteiger partial charge is 0.404 e. The van der Waals surface area contributed by atoms with Gasteiger partial charge in [-0.25, -0.2) is 0 Å². The van der Waals surface area contributed by atoms with Crippen LogP contribution in [0.15, 0.2) is 31.1 Å². The summed E-state index contributed by atoms with van der Waals surface area (Å²) in [6.45, 7) is 3.62. The van der Waals surface area contributed by atoms with Crippen molar-refractivity contribution in [1.29, 1.82) is 5.41 Å². The summed E-state index contributed by atoms with van der Waals surface area (Å²) in [4.78, 5) is 4.12. The third-order valence-corrected chi connectivity index (χ3v) is 1.65. The van der Waals surface area contributed by atoms with Gasteiger partial charge in [0.25, 0.3) is 0 Å². The van der Waals surface area contributed by atoms with Crippen molar-refractivity contribution in [3.63, 3.8) is 0 Å². The van der Waals surface area contributed by atoms with E-state index in [-0.39, 0.29) is 0 Å². The Morgan fingerprint density at radius 2 is 2.31 bits per heavy atom. The number of hydrogen-bond donors (Lipinski definition) is 2. The smallest absolute Gasteiger partial charge is 0.0732 e. The zero-order valence-corrected chi connectivity index (χ0v) is 7.20. The van der Waals surface area contributed by atoms with Crippen molar-refractivity contribution in [3.8, 4) is 0 Å². The maximum absolute atomic E-state index is 7.06. The molecule has 0 spiro atoms. The summed E-state index contributed by atoms with van der Waals surface area (Å²) < 4.78 is 0. The third kappa shape index (κ3) is 2.02. The standard InChI is InChI=1S/C10H11N3/c1-2-8-3-4-10(13-7-8)9(5-11)6-12/h2-7,11H,1,12H2/b9-6+,11-5?. The quantitative estimate of drug-likeness (QED) is 0.683. The van der Waals surface area contributed by atoms with E-state index < -0.39 is 0 Å². The van der Waals surface area contributed by atoms with Gasteiger partial charge in [-0.05, 0) is 11.6 Å². The number of nitrogens with two attached hydrogens (primary N) is 1. The van der Waals surface area contributed by atoms with E-state index in [4.69, 9.17) is 11.1 Å². The molecule has 0 amide bonds. The molecule has 0 aliphatic carbocycles. The Morgan fingerprint density at radius 3 is 2.69 bits per heavy atom. The number of rotatable bonds is 3. The fourth-order valence-electron chi connectivity index (χ4n) is 0.904. The predicted octanol–water partition coefficient (Wildman–Crippen LogP) is 1.67. The van der Waals surface area contributed by atoms with Crippen molar-refractivity contribution in [2.75, 3.05) is 0 Å². The molecule has 0 bridgehead atoms. The normalized spacial score (nSPS) is 10.9. The number of nitrogens with zero attached hydrogens (tertiary/aromatic N) is 1. The van der Waals surface area contributed by atoms with Crippen molar-refractivity contribution in [3.05, 3.63) is 42.4 Å². The summed E-state index contributed by atoms with van der Waals surface area (Å²) >= 11 is 0. The van der Waals surface area contributed by atoms with Crippen molar-refractivity contribution in [1.82, 2.24) is 4.98 Å². The molecular formula is C10H11N3. The zero-order chi connectivity index (χ0) is 9.68. The Bertz CT molecular complexity index is 336. The number of allylic oxidation sites excluding steroid dienone is 1. The number of aromatic nitrogens is 1. The third-order valence-electron chi connectivity index (χ3n) is 1.65. The average molecular weight is 173 g/mol. The van der Waals surface area contributed by atoms with E-state index in [2.05, 4.69) is 11.6 Å². The Kier molecular flexibility index (Phi) is 2.97. The topological polar surface area (TPSA) is 62.8 Å². The van der Waals surface area contributed by atoms with Crippen molar-refractivity contribution in [2.24, 2.45) is 5.73 Å². The molecule has 3 heteroatoms. The Hall–Kier alpha value is -1.90. The summed E-state index contributed by atoms with van der Waals surface area (Å²) in [5, 5.41) is 7.06. The van der Waals surface area contributed by atoms with Crippen LogP contribution in [0, 0.1) is 5.41 Å². The SMILES string of the molecule is C=Cc1ccc(/C(C=N)=C/N)nc1. The van der Waals surface area contributed by atoms with Crippen LogP contribution in [0.1, 0.15) is 11.3 Å². The average Bonchev–Trinajstić information content (AvgIpc) is 2.21. The highest BCUT2D eigenvalue weighted by molar-refractivity contribution is 6.07. The molecule has 0 unspecified atom stereocenters. The highest BCUT2D eigenvalue weighted by atomic mass is 14.7. The lowest BCUT2D eigenvalue weighted by Gasteiger charge is -1.99. The molecule has 1 heterocycles. The van der Waals surface area contributed by atoms with Gasteiger partial charge < -0.3 is 11.1 Å². The summed E-state index contributed by atoms with van der Waals surface area (Å²) in [7, 11) is 0. The van der Waals surface area contributed by atoms with Gasteiger partial charge in [0.15, 0.2) is 0 Å². The van der Waals surface area contributed by atoms with Gasteiger partial charge in [0.1, 0.15) is 0 Å². The number of nitrogens with one attached hydrogen (secondary N) is 1. The number of pyridine rings is 1. The summed E-state index contributed by atoms with van der Waals surface area (Å²) in [6, 6.07) is 3.68. The van der Waals surface area contributed by atoms with Crippen LogP contribution in [-0.2, 0) is 0 Å². The highest BCUT2D eigenvalue weighted by Gasteiger charge is 1.97. The van der Waals surface area contributed by atoms with Gasteiger partial charge >= 0.3 is 0 Å². The maximum Gasteiger partial charge on any atom is 0.0732 e. The molecule has 3 nitrogen and oxygen atoms in total. The van der Waals surface area contributed by atoms with Crippen LogP contribution in [0.3, 0.4) is 0 Å². The van der Waals surface area contributed by atoms with Gasteiger partial charge in [0.05, 0.1) is 5.69 Å². The highest BCUT2D eigenvalue weighted by Crippen LogP contribution is 2.08. The minimum Gasteiger partial charge on any atom is -0.404 e. The van der Waals surface area contributed by atoms with Crippen LogP contribution < -0.4 is 5.73 Å². The van der Waals surface area contributed by atoms with Gasteiger partial charge in [-0.3, -0.25) is 4.98 Å². The lowest BCUT2D eigenvalue weighted by atomic mass is 10.2. The molecule has 1 aromatic rings. The van der Waals surface area contributed by atoms with E-state index in [9.17, 15) is 0 Å². The Labute approximate surface area is 77.1 Å². The molecule has 0 radical (unpaired) electrons. The van der Waals surface area contributed by atoms with E-state index in [0.717, 1.165) is 5.56 Å². The molecule has 0 aliphatic heterocycles. The van der Waals surface area contributed by atoms with Crippen LogP contribution in [0.5, 0.6) is 0 Å². The van der Waals surface area contributed by atoms with Crippen LogP contribution in [0.4, 0.5) is 0 Å². The molecule has 3 N–H and O–H groups in total. The minimum absolute atomic E-state index is 0.607. The van der Waals surface area contributed by atoms with Crippen LogP contribution >= 0.6 is 0 Å². The van der Waals surface area contributed by atoms with E-state index >= 15 is 0 Å².